The van der Waals surface area contributed by atoms with Crippen molar-refractivity contribution in [2.24, 2.45) is 0 Å². The van der Waals surface area contributed by atoms with Crippen molar-refractivity contribution in [1.82, 2.24) is 0 Å². The summed E-state index contributed by atoms with van der Waals surface area (Å²) in [6.45, 7) is 0. The second-order valence-electron chi connectivity index (χ2n) is 4.76. The van der Waals surface area contributed by atoms with Gasteiger partial charge in [-0.05, 0) is 36.8 Å². The fourth-order valence-electron chi connectivity index (χ4n) is 2.56. The third-order valence-electron chi connectivity index (χ3n) is 3.63. The first kappa shape index (κ1) is 15.0. The van der Waals surface area contributed by atoms with Crippen molar-refractivity contribution in [2.45, 2.75) is 9.79 Å². The van der Waals surface area contributed by atoms with E-state index in [9.17, 15) is 19.8 Å². The molecule has 4 nitrogen and oxygen atoms in total. The van der Waals surface area contributed by atoms with Crippen molar-refractivity contribution in [2.75, 3.05) is 12.5 Å². The highest BCUT2D eigenvalue weighted by molar-refractivity contribution is 8.01. The van der Waals surface area contributed by atoms with Gasteiger partial charge in [-0.15, -0.1) is 23.5 Å². The summed E-state index contributed by atoms with van der Waals surface area (Å²) < 4.78 is 0. The molecule has 2 aromatic rings. The molecule has 0 unspecified atom stereocenters. The van der Waals surface area contributed by atoms with Crippen LogP contribution in [0, 0.1) is 0 Å². The SMILES string of the molecule is CSc1cc2c(cc1SC)C(=O)c1c(O)ccc(O)c1C2=O. The number of hydrogen-bond acceptors (Lipinski definition) is 6. The molecule has 0 aromatic heterocycles. The van der Waals surface area contributed by atoms with Crippen molar-refractivity contribution < 1.29 is 19.8 Å². The Kier molecular flexibility index (Phi) is 3.66. The molecule has 1 aliphatic rings. The van der Waals surface area contributed by atoms with Crippen molar-refractivity contribution in [1.29, 1.82) is 0 Å². The van der Waals surface area contributed by atoms with Crippen LogP contribution in [0.25, 0.3) is 0 Å². The van der Waals surface area contributed by atoms with E-state index in [1.54, 1.807) is 12.1 Å². The predicted molar refractivity (Wildman–Crippen MR) is 86.6 cm³/mol. The second-order valence-corrected chi connectivity index (χ2v) is 6.46. The Balaban J connectivity index is 2.34. The summed E-state index contributed by atoms with van der Waals surface area (Å²) in [5.74, 6) is -1.48. The number of benzene rings is 2. The molecule has 0 bridgehead atoms. The van der Waals surface area contributed by atoms with Crippen LogP contribution in [0.15, 0.2) is 34.1 Å². The number of aromatic hydroxyl groups is 2. The number of ketones is 2. The Morgan fingerprint density at radius 3 is 1.45 bits per heavy atom. The molecule has 1 aliphatic carbocycles. The lowest BCUT2D eigenvalue weighted by molar-refractivity contribution is 0.0973. The van der Waals surface area contributed by atoms with E-state index in [1.807, 2.05) is 12.5 Å². The van der Waals surface area contributed by atoms with Gasteiger partial charge in [0.1, 0.15) is 11.5 Å². The minimum absolute atomic E-state index is 0.124. The highest BCUT2D eigenvalue weighted by atomic mass is 32.2. The maximum absolute atomic E-state index is 12.7. The number of hydrogen-bond donors (Lipinski definition) is 2. The summed E-state index contributed by atoms with van der Waals surface area (Å²) in [6, 6.07) is 5.79. The Morgan fingerprint density at radius 1 is 0.773 bits per heavy atom. The zero-order valence-electron chi connectivity index (χ0n) is 11.8. The first-order chi connectivity index (χ1) is 10.5. The molecule has 0 amide bonds. The van der Waals surface area contributed by atoms with Gasteiger partial charge in [-0.3, -0.25) is 9.59 Å². The molecule has 3 rings (SSSR count). The van der Waals surface area contributed by atoms with Gasteiger partial charge in [0.15, 0.2) is 11.6 Å². The molecule has 2 N–H and O–H groups in total. The van der Waals surface area contributed by atoms with Crippen LogP contribution in [0.3, 0.4) is 0 Å². The normalized spacial score (nSPS) is 13.0. The molecule has 0 aliphatic heterocycles. The summed E-state index contributed by atoms with van der Waals surface area (Å²) in [5.41, 5.74) is 0.281. The third-order valence-corrected chi connectivity index (χ3v) is 5.31. The predicted octanol–water partition coefficient (Wildman–Crippen LogP) is 3.32. The molecule has 6 heteroatoms. The van der Waals surface area contributed by atoms with Crippen LogP contribution in [-0.2, 0) is 0 Å². The maximum Gasteiger partial charge on any atom is 0.198 e. The zero-order chi connectivity index (χ0) is 16.0. The van der Waals surface area contributed by atoms with Crippen molar-refractivity contribution >= 4 is 35.1 Å². The van der Waals surface area contributed by atoms with Crippen molar-refractivity contribution in [3.63, 3.8) is 0 Å². The van der Waals surface area contributed by atoms with Gasteiger partial charge in [-0.2, -0.15) is 0 Å². The monoisotopic (exact) mass is 332 g/mol. The lowest BCUT2D eigenvalue weighted by Gasteiger charge is -2.21. The summed E-state index contributed by atoms with van der Waals surface area (Å²) in [4.78, 5) is 27.1. The Labute approximate surface area is 135 Å². The number of thioether (sulfide) groups is 2. The smallest absolute Gasteiger partial charge is 0.198 e. The second kappa shape index (κ2) is 5.37. The fourth-order valence-corrected chi connectivity index (χ4v) is 4.06. The molecule has 22 heavy (non-hydrogen) atoms. The molecular weight excluding hydrogens is 320 g/mol. The van der Waals surface area contributed by atoms with Crippen LogP contribution in [0.1, 0.15) is 31.8 Å². The maximum atomic E-state index is 12.7. The van der Waals surface area contributed by atoms with Crippen LogP contribution >= 0.6 is 23.5 Å². The van der Waals surface area contributed by atoms with E-state index in [2.05, 4.69) is 0 Å². The van der Waals surface area contributed by atoms with Gasteiger partial charge in [0.05, 0.1) is 11.1 Å². The van der Waals surface area contributed by atoms with Gasteiger partial charge in [0.25, 0.3) is 0 Å². The zero-order valence-corrected chi connectivity index (χ0v) is 13.5. The van der Waals surface area contributed by atoms with E-state index >= 15 is 0 Å². The third kappa shape index (κ3) is 2.02. The summed E-state index contributed by atoms with van der Waals surface area (Å²) in [7, 11) is 0. The average Bonchev–Trinajstić information content (AvgIpc) is 2.53. The van der Waals surface area contributed by atoms with Crippen molar-refractivity contribution in [3.8, 4) is 11.5 Å². The molecule has 0 fully saturated rings. The Bertz CT molecular complexity index is 759. The standard InChI is InChI=1S/C16H12O4S2/c1-21-11-5-7-8(6-12(11)22-2)16(20)14-10(18)4-3-9(17)13(14)15(7)19/h3-6,17-18H,1-2H3. The number of rotatable bonds is 2. The number of phenolic OH excluding ortho intramolecular Hbond substituents is 2. The quantitative estimate of drug-likeness (QED) is 0.554. The van der Waals surface area contributed by atoms with Crippen LogP contribution in [0.5, 0.6) is 11.5 Å². The number of carbonyl (C=O) groups is 2. The highest BCUT2D eigenvalue weighted by Crippen LogP contribution is 2.40. The molecule has 112 valence electrons. The van der Waals surface area contributed by atoms with E-state index in [0.717, 1.165) is 9.79 Å². The molecule has 0 saturated heterocycles. The van der Waals surface area contributed by atoms with Gasteiger partial charge in [0.2, 0.25) is 0 Å². The minimum Gasteiger partial charge on any atom is -0.507 e. The molecule has 0 atom stereocenters. The minimum atomic E-state index is -0.444. The lowest BCUT2D eigenvalue weighted by atomic mass is 9.83. The molecule has 0 spiro atoms. The Hall–Kier alpha value is -1.92. The lowest BCUT2D eigenvalue weighted by Crippen LogP contribution is -2.21. The van der Waals surface area contributed by atoms with Gasteiger partial charge in [-0.25, -0.2) is 0 Å². The van der Waals surface area contributed by atoms with Gasteiger partial charge in [-0.1, -0.05) is 0 Å². The van der Waals surface area contributed by atoms with E-state index in [4.69, 9.17) is 0 Å². The van der Waals surface area contributed by atoms with E-state index in [0.29, 0.717) is 0 Å². The molecule has 0 heterocycles. The first-order valence-corrected chi connectivity index (χ1v) is 8.85. The average molecular weight is 332 g/mol. The number of fused-ring (bicyclic) bond motifs is 2. The van der Waals surface area contributed by atoms with Crippen LogP contribution in [0.4, 0.5) is 0 Å². The van der Waals surface area contributed by atoms with Gasteiger partial charge in [0, 0.05) is 20.9 Å². The topological polar surface area (TPSA) is 74.6 Å². The van der Waals surface area contributed by atoms with Crippen LogP contribution in [-0.4, -0.2) is 34.3 Å². The van der Waals surface area contributed by atoms with Crippen LogP contribution < -0.4 is 0 Å². The van der Waals surface area contributed by atoms with E-state index in [1.165, 1.54) is 35.7 Å². The molecule has 0 saturated carbocycles. The van der Waals surface area contributed by atoms with Crippen molar-refractivity contribution in [3.05, 3.63) is 46.5 Å². The van der Waals surface area contributed by atoms with Crippen LogP contribution in [0.2, 0.25) is 0 Å². The van der Waals surface area contributed by atoms with E-state index in [-0.39, 0.29) is 33.8 Å². The molecule has 2 aromatic carbocycles. The van der Waals surface area contributed by atoms with E-state index < -0.39 is 11.6 Å². The number of phenols is 2. The fraction of sp³-hybridized carbons (Fsp3) is 0.125. The largest absolute Gasteiger partial charge is 0.507 e. The molecular formula is C16H12O4S2. The first-order valence-electron chi connectivity index (χ1n) is 6.40. The highest BCUT2D eigenvalue weighted by Gasteiger charge is 2.35. The van der Waals surface area contributed by atoms with Gasteiger partial charge < -0.3 is 10.2 Å². The number of carbonyl (C=O) groups excluding carboxylic acids is 2. The molecule has 0 radical (unpaired) electrons. The summed E-state index contributed by atoms with van der Waals surface area (Å²) in [5, 5.41) is 19.9. The summed E-state index contributed by atoms with van der Waals surface area (Å²) in [6.07, 6.45) is 3.79. The Morgan fingerprint density at radius 2 is 1.14 bits per heavy atom. The van der Waals surface area contributed by atoms with Gasteiger partial charge >= 0.3 is 0 Å². The summed E-state index contributed by atoms with van der Waals surface area (Å²) >= 11 is 2.98.